The highest BCUT2D eigenvalue weighted by atomic mass is 16.2. The van der Waals surface area contributed by atoms with E-state index in [0.29, 0.717) is 23.5 Å². The van der Waals surface area contributed by atoms with E-state index in [1.807, 2.05) is 6.92 Å². The zero-order valence-electron chi connectivity index (χ0n) is 12.4. The molecule has 1 aromatic rings. The zero-order chi connectivity index (χ0) is 14.1. The molecule has 1 aliphatic heterocycles. The maximum absolute atomic E-state index is 12.7. The van der Waals surface area contributed by atoms with Gasteiger partial charge in [-0.05, 0) is 44.1 Å². The molecule has 0 N–H and O–H groups in total. The number of carbonyl (C=O) groups excluding carboxylic acids is 1. The monoisotopic (exact) mass is 273 g/mol. The van der Waals surface area contributed by atoms with Crippen LogP contribution in [0.15, 0.2) is 12.3 Å². The molecule has 108 valence electrons. The molecule has 1 saturated heterocycles. The van der Waals surface area contributed by atoms with E-state index in [1.165, 1.54) is 19.3 Å². The van der Waals surface area contributed by atoms with Crippen LogP contribution in [-0.2, 0) is 0 Å². The Bertz CT molecular complexity index is 502. The van der Waals surface area contributed by atoms with Crippen LogP contribution in [0.5, 0.6) is 0 Å². The van der Waals surface area contributed by atoms with Crippen molar-refractivity contribution in [3.8, 4) is 0 Å². The second-order valence-electron chi connectivity index (χ2n) is 6.27. The lowest BCUT2D eigenvalue weighted by molar-refractivity contribution is 0.0213. The van der Waals surface area contributed by atoms with Crippen LogP contribution in [0.4, 0.5) is 0 Å². The van der Waals surface area contributed by atoms with Gasteiger partial charge in [0.25, 0.3) is 5.91 Å². The van der Waals surface area contributed by atoms with Crippen LogP contribution in [0.25, 0.3) is 0 Å². The van der Waals surface area contributed by atoms with Crippen LogP contribution in [0.2, 0.25) is 0 Å². The summed E-state index contributed by atoms with van der Waals surface area (Å²) in [4.78, 5) is 23.2. The first-order valence-electron chi connectivity index (χ1n) is 7.77. The highest BCUT2D eigenvalue weighted by Crippen LogP contribution is 2.39. The molecule has 20 heavy (non-hydrogen) atoms. The van der Waals surface area contributed by atoms with Crippen molar-refractivity contribution in [2.24, 2.45) is 11.8 Å². The fourth-order valence-corrected chi connectivity index (χ4v) is 3.89. The molecule has 3 atom stereocenters. The molecule has 3 unspecified atom stereocenters. The minimum Gasteiger partial charge on any atom is -0.334 e. The second kappa shape index (κ2) is 5.51. The lowest BCUT2D eigenvalue weighted by Crippen LogP contribution is -2.52. The molecule has 1 saturated carbocycles. The van der Waals surface area contributed by atoms with E-state index >= 15 is 0 Å². The van der Waals surface area contributed by atoms with Gasteiger partial charge in [0.1, 0.15) is 11.5 Å². The van der Waals surface area contributed by atoms with Gasteiger partial charge in [-0.3, -0.25) is 4.79 Å². The number of hydrogen-bond acceptors (Lipinski definition) is 3. The highest BCUT2D eigenvalue weighted by Gasteiger charge is 2.39. The van der Waals surface area contributed by atoms with Crippen molar-refractivity contribution >= 4 is 5.91 Å². The molecule has 0 aromatic carbocycles. The third-order valence-electron chi connectivity index (χ3n) is 4.99. The molecule has 1 aromatic heterocycles. The molecule has 4 heteroatoms. The van der Waals surface area contributed by atoms with Crippen molar-refractivity contribution in [2.75, 3.05) is 6.54 Å². The summed E-state index contributed by atoms with van der Waals surface area (Å²) in [5.74, 6) is 2.20. The van der Waals surface area contributed by atoms with Gasteiger partial charge in [-0.2, -0.15) is 0 Å². The number of aromatic nitrogens is 2. The van der Waals surface area contributed by atoms with Crippen LogP contribution in [0, 0.1) is 18.8 Å². The SMILES string of the molecule is Cc1nccc(C(=O)N2CCC(C)C3CCCCC32)n1. The second-order valence-corrected chi connectivity index (χ2v) is 6.27. The van der Waals surface area contributed by atoms with E-state index in [-0.39, 0.29) is 5.91 Å². The van der Waals surface area contributed by atoms with Gasteiger partial charge in [-0.15, -0.1) is 0 Å². The molecule has 0 spiro atoms. The number of amides is 1. The Hall–Kier alpha value is -1.45. The summed E-state index contributed by atoms with van der Waals surface area (Å²) in [6.07, 6.45) is 7.81. The Kier molecular flexibility index (Phi) is 3.72. The number of aryl methyl sites for hydroxylation is 1. The van der Waals surface area contributed by atoms with Crippen molar-refractivity contribution in [3.63, 3.8) is 0 Å². The van der Waals surface area contributed by atoms with Gasteiger partial charge >= 0.3 is 0 Å². The minimum absolute atomic E-state index is 0.0966. The maximum Gasteiger partial charge on any atom is 0.272 e. The fraction of sp³-hybridized carbons (Fsp3) is 0.688. The molecule has 4 nitrogen and oxygen atoms in total. The number of carbonyl (C=O) groups is 1. The van der Waals surface area contributed by atoms with Gasteiger partial charge in [0, 0.05) is 18.8 Å². The zero-order valence-corrected chi connectivity index (χ0v) is 12.4. The van der Waals surface area contributed by atoms with Crippen LogP contribution in [-0.4, -0.2) is 33.4 Å². The average molecular weight is 273 g/mol. The Morgan fingerprint density at radius 3 is 2.90 bits per heavy atom. The predicted octanol–water partition coefficient (Wildman–Crippen LogP) is 2.83. The van der Waals surface area contributed by atoms with E-state index in [9.17, 15) is 4.79 Å². The van der Waals surface area contributed by atoms with Crippen molar-refractivity contribution in [3.05, 3.63) is 23.8 Å². The van der Waals surface area contributed by atoms with Crippen LogP contribution < -0.4 is 0 Å². The number of rotatable bonds is 1. The summed E-state index contributed by atoms with van der Waals surface area (Å²) < 4.78 is 0. The molecule has 1 aliphatic carbocycles. The van der Waals surface area contributed by atoms with E-state index in [1.54, 1.807) is 12.3 Å². The van der Waals surface area contributed by atoms with Gasteiger partial charge in [0.15, 0.2) is 0 Å². The molecule has 0 radical (unpaired) electrons. The third kappa shape index (κ3) is 2.43. The normalized spacial score (nSPS) is 29.9. The number of piperidine rings is 1. The van der Waals surface area contributed by atoms with E-state index in [4.69, 9.17) is 0 Å². The summed E-state index contributed by atoms with van der Waals surface area (Å²) in [5, 5.41) is 0. The van der Waals surface area contributed by atoms with Gasteiger partial charge < -0.3 is 4.90 Å². The van der Waals surface area contributed by atoms with Crippen molar-refractivity contribution in [2.45, 2.75) is 52.0 Å². The number of fused-ring (bicyclic) bond motifs is 1. The molecule has 1 amide bonds. The molecular weight excluding hydrogens is 250 g/mol. The molecule has 3 rings (SSSR count). The first-order chi connectivity index (χ1) is 9.66. The lowest BCUT2D eigenvalue weighted by Gasteiger charge is -2.47. The van der Waals surface area contributed by atoms with Crippen molar-refractivity contribution < 1.29 is 4.79 Å². The molecule has 2 fully saturated rings. The summed E-state index contributed by atoms with van der Waals surface area (Å²) >= 11 is 0. The quantitative estimate of drug-likeness (QED) is 0.790. The molecule has 2 aliphatic rings. The van der Waals surface area contributed by atoms with E-state index in [0.717, 1.165) is 25.3 Å². The van der Waals surface area contributed by atoms with E-state index in [2.05, 4.69) is 21.8 Å². The highest BCUT2D eigenvalue weighted by molar-refractivity contribution is 5.92. The summed E-state index contributed by atoms with van der Waals surface area (Å²) in [5.41, 5.74) is 0.552. The number of nitrogens with zero attached hydrogens (tertiary/aromatic N) is 3. The smallest absolute Gasteiger partial charge is 0.272 e. The number of likely N-dealkylation sites (tertiary alicyclic amines) is 1. The maximum atomic E-state index is 12.7. The van der Waals surface area contributed by atoms with E-state index < -0.39 is 0 Å². The van der Waals surface area contributed by atoms with Gasteiger partial charge in [-0.1, -0.05) is 19.8 Å². The van der Waals surface area contributed by atoms with Gasteiger partial charge in [0.05, 0.1) is 0 Å². The first kappa shape index (κ1) is 13.5. The Labute approximate surface area is 120 Å². The van der Waals surface area contributed by atoms with Gasteiger partial charge in [0.2, 0.25) is 0 Å². The molecule has 0 bridgehead atoms. The summed E-state index contributed by atoms with van der Waals surface area (Å²) in [6.45, 7) is 5.06. The summed E-state index contributed by atoms with van der Waals surface area (Å²) in [7, 11) is 0. The topological polar surface area (TPSA) is 46.1 Å². The first-order valence-corrected chi connectivity index (χ1v) is 7.77. The molecular formula is C16H23N3O. The van der Waals surface area contributed by atoms with Crippen LogP contribution in [0.3, 0.4) is 0 Å². The molecule has 2 heterocycles. The van der Waals surface area contributed by atoms with Crippen LogP contribution >= 0.6 is 0 Å². The minimum atomic E-state index is 0.0966. The van der Waals surface area contributed by atoms with Crippen molar-refractivity contribution in [1.82, 2.24) is 14.9 Å². The van der Waals surface area contributed by atoms with Crippen LogP contribution in [0.1, 0.15) is 55.3 Å². The largest absolute Gasteiger partial charge is 0.334 e. The fourth-order valence-electron chi connectivity index (χ4n) is 3.89. The Morgan fingerprint density at radius 2 is 2.10 bits per heavy atom. The van der Waals surface area contributed by atoms with Gasteiger partial charge in [-0.25, -0.2) is 9.97 Å². The number of hydrogen-bond donors (Lipinski definition) is 0. The standard InChI is InChI=1S/C16H23N3O/c1-11-8-10-19(15-6-4-3-5-13(11)15)16(20)14-7-9-17-12(2)18-14/h7,9,11,13,15H,3-6,8,10H2,1-2H3. The third-order valence-corrected chi connectivity index (χ3v) is 4.99. The average Bonchev–Trinajstić information content (AvgIpc) is 2.47. The predicted molar refractivity (Wildman–Crippen MR) is 77.3 cm³/mol. The Balaban J connectivity index is 1.83. The lowest BCUT2D eigenvalue weighted by atomic mass is 9.72. The Morgan fingerprint density at radius 1 is 1.30 bits per heavy atom. The summed E-state index contributed by atoms with van der Waals surface area (Å²) in [6, 6.07) is 2.17. The van der Waals surface area contributed by atoms with Crippen molar-refractivity contribution in [1.29, 1.82) is 0 Å².